The molecular weight excluding hydrogens is 292 g/mol. The number of nitrogens with zero attached hydrogens (tertiary/aromatic N) is 2. The first-order valence-corrected chi connectivity index (χ1v) is 8.65. The molecular formula is C13H18N4O3S. The molecule has 3 rings (SSSR count). The van der Waals surface area contributed by atoms with Crippen molar-refractivity contribution in [3.05, 3.63) is 18.2 Å². The van der Waals surface area contributed by atoms with Gasteiger partial charge in [-0.25, -0.2) is 13.2 Å². The summed E-state index contributed by atoms with van der Waals surface area (Å²) in [5.74, 6) is 0. The summed E-state index contributed by atoms with van der Waals surface area (Å²) in [6, 6.07) is 5.12. The van der Waals surface area contributed by atoms with E-state index in [-0.39, 0.29) is 22.7 Å². The number of anilines is 2. The molecule has 2 amide bonds. The molecule has 114 valence electrons. The molecule has 2 aliphatic heterocycles. The summed E-state index contributed by atoms with van der Waals surface area (Å²) in [7, 11) is -3.35. The number of nitrogens with two attached hydrogens (primary N) is 1. The lowest BCUT2D eigenvalue weighted by Gasteiger charge is -2.38. The summed E-state index contributed by atoms with van der Waals surface area (Å²) in [6.07, 6.45) is 1.15. The first kappa shape index (κ1) is 14.0. The number of carbonyl (C=O) groups excluding carboxylic acids is 1. The number of hydrogen-bond donors (Lipinski definition) is 2. The Hall–Kier alpha value is -1.96. The maximum Gasteiger partial charge on any atom is 0.317 e. The van der Waals surface area contributed by atoms with E-state index in [2.05, 4.69) is 5.32 Å². The predicted molar refractivity (Wildman–Crippen MR) is 80.1 cm³/mol. The van der Waals surface area contributed by atoms with Gasteiger partial charge in [-0.3, -0.25) is 0 Å². The molecule has 21 heavy (non-hydrogen) atoms. The van der Waals surface area contributed by atoms with E-state index in [0.717, 1.165) is 11.9 Å². The molecule has 0 saturated carbocycles. The van der Waals surface area contributed by atoms with Gasteiger partial charge in [0.25, 0.3) is 0 Å². The molecule has 2 saturated heterocycles. The standard InChI is InChI=1S/C13H18N4O3S/c1-21(19,20)11-4-2-3-10(12(11)14)16-5-6-17-9(8-16)7-15-13(17)18/h2-4,9H,5-8,14H2,1H3,(H,15,18). The van der Waals surface area contributed by atoms with Gasteiger partial charge in [-0.15, -0.1) is 0 Å². The highest BCUT2D eigenvalue weighted by Crippen LogP contribution is 2.31. The summed E-state index contributed by atoms with van der Waals surface area (Å²) in [4.78, 5) is 15.6. The van der Waals surface area contributed by atoms with Crippen LogP contribution in [0.25, 0.3) is 0 Å². The first-order chi connectivity index (χ1) is 9.88. The van der Waals surface area contributed by atoms with E-state index in [4.69, 9.17) is 5.73 Å². The Kier molecular flexibility index (Phi) is 3.20. The van der Waals surface area contributed by atoms with Crippen molar-refractivity contribution in [2.45, 2.75) is 10.9 Å². The van der Waals surface area contributed by atoms with E-state index in [9.17, 15) is 13.2 Å². The molecule has 2 heterocycles. The van der Waals surface area contributed by atoms with E-state index in [1.54, 1.807) is 6.07 Å². The van der Waals surface area contributed by atoms with Gasteiger partial charge >= 0.3 is 6.03 Å². The quantitative estimate of drug-likeness (QED) is 0.743. The van der Waals surface area contributed by atoms with Gasteiger partial charge < -0.3 is 20.9 Å². The highest BCUT2D eigenvalue weighted by Gasteiger charge is 2.36. The number of piperazine rings is 1. The minimum Gasteiger partial charge on any atom is -0.396 e. The Bertz CT molecular complexity index is 689. The van der Waals surface area contributed by atoms with Crippen LogP contribution in [0.3, 0.4) is 0 Å². The number of fused-ring (bicyclic) bond motifs is 1. The van der Waals surface area contributed by atoms with Crippen LogP contribution in [0.15, 0.2) is 23.1 Å². The minimum atomic E-state index is -3.35. The smallest absolute Gasteiger partial charge is 0.317 e. The van der Waals surface area contributed by atoms with Gasteiger partial charge in [-0.1, -0.05) is 6.07 Å². The van der Waals surface area contributed by atoms with Crippen LogP contribution in [0, 0.1) is 0 Å². The van der Waals surface area contributed by atoms with Gasteiger partial charge in [0.15, 0.2) is 9.84 Å². The van der Waals surface area contributed by atoms with Crippen molar-refractivity contribution in [3.8, 4) is 0 Å². The number of para-hydroxylation sites is 1. The van der Waals surface area contributed by atoms with Crippen molar-refractivity contribution in [1.82, 2.24) is 10.2 Å². The van der Waals surface area contributed by atoms with E-state index >= 15 is 0 Å². The second kappa shape index (κ2) is 4.80. The lowest BCUT2D eigenvalue weighted by atomic mass is 10.1. The Morgan fingerprint density at radius 2 is 2.10 bits per heavy atom. The molecule has 1 aromatic rings. The average Bonchev–Trinajstić information content (AvgIpc) is 2.79. The number of carbonyl (C=O) groups is 1. The normalized spacial score (nSPS) is 22.1. The van der Waals surface area contributed by atoms with E-state index in [1.165, 1.54) is 6.07 Å². The van der Waals surface area contributed by atoms with E-state index in [1.807, 2.05) is 15.9 Å². The minimum absolute atomic E-state index is 0.0301. The number of hydrogen-bond acceptors (Lipinski definition) is 5. The van der Waals surface area contributed by atoms with Crippen LogP contribution < -0.4 is 16.0 Å². The fourth-order valence-electron chi connectivity index (χ4n) is 2.95. The maximum absolute atomic E-state index is 11.8. The van der Waals surface area contributed by atoms with Crippen LogP contribution in [-0.4, -0.2) is 57.8 Å². The number of amides is 2. The largest absolute Gasteiger partial charge is 0.396 e. The molecule has 2 fully saturated rings. The number of benzene rings is 1. The second-order valence-electron chi connectivity index (χ2n) is 5.44. The third-order valence-electron chi connectivity index (χ3n) is 4.02. The SMILES string of the molecule is CS(=O)(=O)c1cccc(N2CCN3C(=O)NCC3C2)c1N. The Labute approximate surface area is 123 Å². The van der Waals surface area contributed by atoms with Gasteiger partial charge in [0.1, 0.15) is 0 Å². The number of sulfone groups is 1. The molecule has 2 aliphatic rings. The molecule has 1 unspecified atom stereocenters. The Morgan fingerprint density at radius 1 is 1.33 bits per heavy atom. The lowest BCUT2D eigenvalue weighted by Crippen LogP contribution is -2.52. The predicted octanol–water partition coefficient (Wildman–Crippen LogP) is -0.114. The number of nitrogens with one attached hydrogen (secondary N) is 1. The number of nitrogen functional groups attached to an aromatic ring is 1. The zero-order chi connectivity index (χ0) is 15.2. The van der Waals surface area contributed by atoms with E-state index < -0.39 is 9.84 Å². The maximum atomic E-state index is 11.8. The van der Waals surface area contributed by atoms with Crippen LogP contribution in [0.5, 0.6) is 0 Å². The molecule has 0 aromatic heterocycles. The van der Waals surface area contributed by atoms with Gasteiger partial charge in [-0.2, -0.15) is 0 Å². The van der Waals surface area contributed by atoms with Crippen LogP contribution >= 0.6 is 0 Å². The molecule has 0 spiro atoms. The van der Waals surface area contributed by atoms with Crippen molar-refractivity contribution in [2.24, 2.45) is 0 Å². The zero-order valence-corrected chi connectivity index (χ0v) is 12.6. The molecule has 0 bridgehead atoms. The van der Waals surface area contributed by atoms with Crippen LogP contribution in [0.1, 0.15) is 0 Å². The average molecular weight is 310 g/mol. The summed E-state index contributed by atoms with van der Waals surface area (Å²) < 4.78 is 23.5. The molecule has 3 N–H and O–H groups in total. The number of rotatable bonds is 2. The first-order valence-electron chi connectivity index (χ1n) is 6.76. The van der Waals surface area contributed by atoms with Crippen molar-refractivity contribution in [1.29, 1.82) is 0 Å². The van der Waals surface area contributed by atoms with Gasteiger partial charge in [0, 0.05) is 32.4 Å². The van der Waals surface area contributed by atoms with Gasteiger partial charge in [-0.05, 0) is 12.1 Å². The van der Waals surface area contributed by atoms with Crippen molar-refractivity contribution in [2.75, 3.05) is 43.1 Å². The Morgan fingerprint density at radius 3 is 2.81 bits per heavy atom. The molecule has 1 aromatic carbocycles. The van der Waals surface area contributed by atoms with Crippen molar-refractivity contribution >= 4 is 27.2 Å². The highest BCUT2D eigenvalue weighted by atomic mass is 32.2. The molecule has 1 atom stereocenters. The summed E-state index contributed by atoms with van der Waals surface area (Å²) in [5.41, 5.74) is 7.05. The zero-order valence-electron chi connectivity index (χ0n) is 11.7. The van der Waals surface area contributed by atoms with Crippen LogP contribution in [0.2, 0.25) is 0 Å². The second-order valence-corrected chi connectivity index (χ2v) is 7.42. The van der Waals surface area contributed by atoms with Crippen LogP contribution in [0.4, 0.5) is 16.2 Å². The van der Waals surface area contributed by atoms with Crippen molar-refractivity contribution < 1.29 is 13.2 Å². The lowest BCUT2D eigenvalue weighted by molar-refractivity contribution is 0.198. The summed E-state index contributed by atoms with van der Waals surface area (Å²) >= 11 is 0. The third-order valence-corrected chi connectivity index (χ3v) is 5.17. The molecule has 0 aliphatic carbocycles. The number of urea groups is 1. The molecule has 7 nitrogen and oxygen atoms in total. The van der Waals surface area contributed by atoms with Crippen molar-refractivity contribution in [3.63, 3.8) is 0 Å². The summed E-state index contributed by atoms with van der Waals surface area (Å²) in [5, 5.41) is 2.82. The van der Waals surface area contributed by atoms with E-state index in [0.29, 0.717) is 26.2 Å². The summed E-state index contributed by atoms with van der Waals surface area (Å²) in [6.45, 7) is 2.51. The topological polar surface area (TPSA) is 95.7 Å². The molecule has 8 heteroatoms. The fraction of sp³-hybridized carbons (Fsp3) is 0.462. The Balaban J connectivity index is 1.90. The third kappa shape index (κ3) is 2.39. The van der Waals surface area contributed by atoms with Gasteiger partial charge in [0.05, 0.1) is 22.3 Å². The monoisotopic (exact) mass is 310 g/mol. The van der Waals surface area contributed by atoms with Gasteiger partial charge in [0.2, 0.25) is 0 Å². The molecule has 0 radical (unpaired) electrons. The highest BCUT2D eigenvalue weighted by molar-refractivity contribution is 7.90. The van der Waals surface area contributed by atoms with Crippen LogP contribution in [-0.2, 0) is 9.84 Å². The fourth-order valence-corrected chi connectivity index (χ4v) is 3.78.